The van der Waals surface area contributed by atoms with Crippen LogP contribution in [-0.2, 0) is 0 Å². The minimum Gasteiger partial charge on any atom is -0.477 e. The summed E-state index contributed by atoms with van der Waals surface area (Å²) < 4.78 is 1.71. The quantitative estimate of drug-likeness (QED) is 0.711. The fraction of sp³-hybridized carbons (Fsp3) is 0.143. The second-order valence-electron chi connectivity index (χ2n) is 4.44. The topological polar surface area (TPSA) is 54.6 Å². The summed E-state index contributed by atoms with van der Waals surface area (Å²) in [6.45, 7) is 3.71. The van der Waals surface area contributed by atoms with Gasteiger partial charge in [0.05, 0.1) is 11.2 Å². The lowest BCUT2D eigenvalue weighted by atomic mass is 10.1. The number of nitrogens with zero attached hydrogens (tertiary/aromatic N) is 2. The van der Waals surface area contributed by atoms with Gasteiger partial charge in [-0.3, -0.25) is 4.40 Å². The molecule has 4 nitrogen and oxygen atoms in total. The van der Waals surface area contributed by atoms with Crippen molar-refractivity contribution < 1.29 is 9.90 Å². The van der Waals surface area contributed by atoms with E-state index < -0.39 is 5.97 Å². The Bertz CT molecular complexity index is 787. The number of carbonyl (C=O) groups is 1. The molecule has 18 heavy (non-hydrogen) atoms. The lowest BCUT2D eigenvalue weighted by Crippen LogP contribution is -2.04. The molecular formula is C14H12N2O2. The van der Waals surface area contributed by atoms with Gasteiger partial charge in [0.1, 0.15) is 5.65 Å². The molecule has 0 bridgehead atoms. The first kappa shape index (κ1) is 10.8. The van der Waals surface area contributed by atoms with Crippen LogP contribution in [0.1, 0.15) is 21.7 Å². The molecule has 1 N–H and O–H groups in total. The number of aromatic nitrogens is 2. The molecule has 90 valence electrons. The molecule has 0 aliphatic rings. The van der Waals surface area contributed by atoms with Crippen molar-refractivity contribution in [3.05, 3.63) is 47.3 Å². The van der Waals surface area contributed by atoms with Gasteiger partial charge < -0.3 is 5.11 Å². The molecule has 0 atom stereocenters. The summed E-state index contributed by atoms with van der Waals surface area (Å²) in [6.07, 6.45) is 0. The number of aromatic carboxylic acids is 1. The average molecular weight is 240 g/mol. The van der Waals surface area contributed by atoms with E-state index in [-0.39, 0.29) is 5.69 Å². The first-order valence-electron chi connectivity index (χ1n) is 5.69. The number of carboxylic acid groups (broad SMARTS) is 1. The second-order valence-corrected chi connectivity index (χ2v) is 4.44. The molecule has 0 spiro atoms. The van der Waals surface area contributed by atoms with Crippen molar-refractivity contribution in [3.8, 4) is 0 Å². The highest BCUT2D eigenvalue weighted by Crippen LogP contribution is 2.22. The minimum atomic E-state index is -0.950. The number of hydrogen-bond donors (Lipinski definition) is 1. The highest BCUT2D eigenvalue weighted by Gasteiger charge is 2.17. The van der Waals surface area contributed by atoms with Crippen LogP contribution in [0.2, 0.25) is 0 Å². The molecule has 2 aromatic heterocycles. The average Bonchev–Trinajstić information content (AvgIpc) is 2.65. The Morgan fingerprint density at radius 1 is 1.22 bits per heavy atom. The molecule has 0 fully saturated rings. The summed E-state index contributed by atoms with van der Waals surface area (Å²) in [7, 11) is 0. The molecule has 0 saturated heterocycles. The molecule has 0 aliphatic heterocycles. The molecule has 3 rings (SSSR count). The summed E-state index contributed by atoms with van der Waals surface area (Å²) >= 11 is 0. The van der Waals surface area contributed by atoms with Gasteiger partial charge in [-0.15, -0.1) is 0 Å². The molecular weight excluding hydrogens is 228 g/mol. The van der Waals surface area contributed by atoms with Crippen molar-refractivity contribution in [2.45, 2.75) is 13.8 Å². The molecule has 0 radical (unpaired) electrons. The summed E-state index contributed by atoms with van der Waals surface area (Å²) in [5.74, 6) is -0.950. The van der Waals surface area contributed by atoms with Gasteiger partial charge >= 0.3 is 5.97 Å². The molecule has 4 heteroatoms. The molecule has 0 unspecified atom stereocenters. The Kier molecular flexibility index (Phi) is 2.13. The zero-order chi connectivity index (χ0) is 12.9. The first-order valence-corrected chi connectivity index (χ1v) is 5.69. The number of aryl methyl sites for hydroxylation is 2. The van der Waals surface area contributed by atoms with E-state index in [1.807, 2.05) is 37.3 Å². The van der Waals surface area contributed by atoms with Gasteiger partial charge in [0, 0.05) is 0 Å². The predicted octanol–water partition coefficient (Wildman–Crippen LogP) is 2.80. The van der Waals surface area contributed by atoms with Crippen LogP contribution in [0.5, 0.6) is 0 Å². The maximum Gasteiger partial charge on any atom is 0.354 e. The van der Waals surface area contributed by atoms with Crippen LogP contribution in [-0.4, -0.2) is 20.5 Å². The summed E-state index contributed by atoms with van der Waals surface area (Å²) in [4.78, 5) is 15.7. The number of hydrogen-bond acceptors (Lipinski definition) is 2. The maximum absolute atomic E-state index is 11.4. The van der Waals surface area contributed by atoms with Gasteiger partial charge in [-0.25, -0.2) is 9.78 Å². The van der Waals surface area contributed by atoms with Gasteiger partial charge in [0.15, 0.2) is 5.69 Å². The van der Waals surface area contributed by atoms with Crippen LogP contribution >= 0.6 is 0 Å². The number of benzene rings is 1. The molecule has 0 saturated carbocycles. The van der Waals surface area contributed by atoms with E-state index in [1.165, 1.54) is 0 Å². The van der Waals surface area contributed by atoms with Gasteiger partial charge in [-0.1, -0.05) is 12.1 Å². The largest absolute Gasteiger partial charge is 0.477 e. The van der Waals surface area contributed by atoms with Crippen molar-refractivity contribution in [1.29, 1.82) is 0 Å². The van der Waals surface area contributed by atoms with E-state index in [4.69, 9.17) is 0 Å². The van der Waals surface area contributed by atoms with E-state index in [9.17, 15) is 9.90 Å². The van der Waals surface area contributed by atoms with Crippen molar-refractivity contribution >= 4 is 22.5 Å². The summed E-state index contributed by atoms with van der Waals surface area (Å²) in [5.41, 5.74) is 3.42. The SMILES string of the molecule is Cc1ccc2ccc3nc(C)c(C(=O)O)n3c2c1. The van der Waals surface area contributed by atoms with Crippen molar-refractivity contribution in [2.24, 2.45) is 0 Å². The van der Waals surface area contributed by atoms with Crippen LogP contribution < -0.4 is 0 Å². The normalized spacial score (nSPS) is 11.2. The fourth-order valence-electron chi connectivity index (χ4n) is 2.31. The van der Waals surface area contributed by atoms with Crippen molar-refractivity contribution in [2.75, 3.05) is 0 Å². The fourth-order valence-corrected chi connectivity index (χ4v) is 2.31. The Hall–Kier alpha value is -2.36. The molecule has 3 aromatic rings. The van der Waals surface area contributed by atoms with Gasteiger partial charge in [-0.2, -0.15) is 0 Å². The first-order chi connectivity index (χ1) is 8.58. The lowest BCUT2D eigenvalue weighted by molar-refractivity contribution is 0.0689. The van der Waals surface area contributed by atoms with Gasteiger partial charge in [0.25, 0.3) is 0 Å². The van der Waals surface area contributed by atoms with Crippen LogP contribution in [0.25, 0.3) is 16.6 Å². The van der Waals surface area contributed by atoms with E-state index >= 15 is 0 Å². The summed E-state index contributed by atoms with van der Waals surface area (Å²) in [6, 6.07) is 9.79. The maximum atomic E-state index is 11.4. The second kappa shape index (κ2) is 3.57. The Morgan fingerprint density at radius 2 is 1.94 bits per heavy atom. The molecule has 0 amide bonds. The highest BCUT2D eigenvalue weighted by molar-refractivity contribution is 5.92. The highest BCUT2D eigenvalue weighted by atomic mass is 16.4. The number of pyridine rings is 1. The lowest BCUT2D eigenvalue weighted by Gasteiger charge is -2.05. The van der Waals surface area contributed by atoms with Crippen LogP contribution in [0.3, 0.4) is 0 Å². The van der Waals surface area contributed by atoms with Crippen molar-refractivity contribution in [3.63, 3.8) is 0 Å². The third-order valence-corrected chi connectivity index (χ3v) is 3.12. The van der Waals surface area contributed by atoms with E-state index in [1.54, 1.807) is 11.3 Å². The van der Waals surface area contributed by atoms with E-state index in [2.05, 4.69) is 4.98 Å². The van der Waals surface area contributed by atoms with Crippen LogP contribution in [0.15, 0.2) is 30.3 Å². The van der Waals surface area contributed by atoms with Gasteiger partial charge in [-0.05, 0) is 43.0 Å². The van der Waals surface area contributed by atoms with E-state index in [0.29, 0.717) is 11.3 Å². The standard InChI is InChI=1S/C14H12N2O2/c1-8-3-4-10-5-6-12-15-9(2)13(14(17)18)16(12)11(10)7-8/h3-7H,1-2H3,(H,17,18). The monoisotopic (exact) mass is 240 g/mol. The zero-order valence-electron chi connectivity index (χ0n) is 10.1. The Morgan fingerprint density at radius 3 is 2.67 bits per heavy atom. The number of imidazole rings is 1. The number of fused-ring (bicyclic) bond motifs is 3. The molecule has 2 heterocycles. The third-order valence-electron chi connectivity index (χ3n) is 3.12. The predicted molar refractivity (Wildman–Crippen MR) is 69.1 cm³/mol. The smallest absolute Gasteiger partial charge is 0.354 e. The summed E-state index contributed by atoms with van der Waals surface area (Å²) in [5, 5.41) is 10.3. The molecule has 0 aliphatic carbocycles. The van der Waals surface area contributed by atoms with Crippen LogP contribution in [0, 0.1) is 13.8 Å². The number of rotatable bonds is 1. The Balaban J connectivity index is 2.59. The van der Waals surface area contributed by atoms with Crippen LogP contribution in [0.4, 0.5) is 0 Å². The third kappa shape index (κ3) is 1.39. The van der Waals surface area contributed by atoms with Gasteiger partial charge in [0.2, 0.25) is 0 Å². The minimum absolute atomic E-state index is 0.237. The number of carboxylic acids is 1. The molecule has 1 aromatic carbocycles. The van der Waals surface area contributed by atoms with E-state index in [0.717, 1.165) is 16.5 Å². The Labute approximate surface area is 104 Å². The zero-order valence-corrected chi connectivity index (χ0v) is 10.1. The van der Waals surface area contributed by atoms with Crippen molar-refractivity contribution in [1.82, 2.24) is 9.38 Å².